The van der Waals surface area contributed by atoms with E-state index in [4.69, 9.17) is 10.5 Å². The first-order valence-electron chi connectivity index (χ1n) is 8.16. The van der Waals surface area contributed by atoms with E-state index in [1.165, 1.54) is 5.56 Å². The molecule has 0 aliphatic heterocycles. The average molecular weight is 383 g/mol. The lowest BCUT2D eigenvalue weighted by molar-refractivity contribution is -0.171. The molecule has 5 heteroatoms. The summed E-state index contributed by atoms with van der Waals surface area (Å²) in [6, 6.07) is 8.15. The van der Waals surface area contributed by atoms with Crippen molar-refractivity contribution in [1.29, 1.82) is 0 Å². The van der Waals surface area contributed by atoms with Crippen molar-refractivity contribution in [3.05, 3.63) is 34.3 Å². The topological polar surface area (TPSA) is 64.3 Å². The highest BCUT2D eigenvalue weighted by atomic mass is 79.9. The van der Waals surface area contributed by atoms with Gasteiger partial charge in [0.1, 0.15) is 5.54 Å². The molecule has 1 aromatic carbocycles. The van der Waals surface area contributed by atoms with Crippen molar-refractivity contribution < 1.29 is 9.53 Å². The first-order valence-corrected chi connectivity index (χ1v) is 8.96. The SMILES string of the molecule is CCOC1CC(N)(C(=O)NC(C)Cc2cccc(Br)c2)C1(C)C. The monoisotopic (exact) mass is 382 g/mol. The zero-order chi connectivity index (χ0) is 17.3. The minimum Gasteiger partial charge on any atom is -0.378 e. The standard InChI is InChI=1S/C18H27BrN2O2/c1-5-23-15-11-18(20,17(15,3)4)16(22)21-12(2)9-13-7-6-8-14(19)10-13/h6-8,10,12,15H,5,9,11,20H2,1-4H3,(H,21,22). The fourth-order valence-corrected chi connectivity index (χ4v) is 3.69. The average Bonchev–Trinajstić information content (AvgIpc) is 2.46. The zero-order valence-corrected chi connectivity index (χ0v) is 15.9. The van der Waals surface area contributed by atoms with Crippen molar-refractivity contribution in [2.45, 2.75) is 58.2 Å². The molecule has 0 saturated heterocycles. The molecule has 1 aliphatic carbocycles. The molecule has 3 unspecified atom stereocenters. The molecule has 1 amide bonds. The van der Waals surface area contributed by atoms with E-state index in [9.17, 15) is 4.79 Å². The van der Waals surface area contributed by atoms with Gasteiger partial charge in [-0.3, -0.25) is 4.79 Å². The van der Waals surface area contributed by atoms with Gasteiger partial charge in [-0.1, -0.05) is 41.9 Å². The van der Waals surface area contributed by atoms with Gasteiger partial charge in [0.2, 0.25) is 5.91 Å². The van der Waals surface area contributed by atoms with Gasteiger partial charge in [0.05, 0.1) is 6.10 Å². The largest absolute Gasteiger partial charge is 0.378 e. The molecule has 1 fully saturated rings. The number of nitrogens with two attached hydrogens (primary N) is 1. The van der Waals surface area contributed by atoms with Gasteiger partial charge in [-0.05, 0) is 38.0 Å². The van der Waals surface area contributed by atoms with E-state index in [-0.39, 0.29) is 23.5 Å². The Balaban J connectivity index is 1.96. The van der Waals surface area contributed by atoms with Crippen LogP contribution in [0.1, 0.15) is 39.7 Å². The number of rotatable bonds is 6. The third-order valence-corrected chi connectivity index (χ3v) is 5.54. The smallest absolute Gasteiger partial charge is 0.241 e. The molecular weight excluding hydrogens is 356 g/mol. The molecule has 3 N–H and O–H groups in total. The Kier molecular flexibility index (Phi) is 5.54. The summed E-state index contributed by atoms with van der Waals surface area (Å²) in [5.74, 6) is -0.0825. The van der Waals surface area contributed by atoms with Crippen molar-refractivity contribution in [2.75, 3.05) is 6.61 Å². The van der Waals surface area contributed by atoms with Crippen LogP contribution in [0.2, 0.25) is 0 Å². The highest BCUT2D eigenvalue weighted by molar-refractivity contribution is 9.10. The Hall–Kier alpha value is -0.910. The van der Waals surface area contributed by atoms with Crippen LogP contribution in [-0.2, 0) is 16.0 Å². The van der Waals surface area contributed by atoms with Crippen molar-refractivity contribution in [2.24, 2.45) is 11.1 Å². The van der Waals surface area contributed by atoms with Crippen LogP contribution < -0.4 is 11.1 Å². The molecule has 0 radical (unpaired) electrons. The van der Waals surface area contributed by atoms with E-state index in [1.807, 2.05) is 39.8 Å². The van der Waals surface area contributed by atoms with Crippen LogP contribution in [0, 0.1) is 5.41 Å². The van der Waals surface area contributed by atoms with Crippen LogP contribution in [-0.4, -0.2) is 30.2 Å². The molecule has 0 bridgehead atoms. The number of carbonyl (C=O) groups excluding carboxylic acids is 1. The maximum atomic E-state index is 12.7. The number of benzene rings is 1. The van der Waals surface area contributed by atoms with Crippen LogP contribution >= 0.6 is 15.9 Å². The maximum Gasteiger partial charge on any atom is 0.241 e. The van der Waals surface area contributed by atoms with Crippen LogP contribution in [0.4, 0.5) is 0 Å². The molecular formula is C18H27BrN2O2. The van der Waals surface area contributed by atoms with Gasteiger partial charge in [0.25, 0.3) is 0 Å². The summed E-state index contributed by atoms with van der Waals surface area (Å²) < 4.78 is 6.73. The van der Waals surface area contributed by atoms with Gasteiger partial charge in [-0.2, -0.15) is 0 Å². The van der Waals surface area contributed by atoms with Crippen LogP contribution in [0.5, 0.6) is 0 Å². The summed E-state index contributed by atoms with van der Waals surface area (Å²) in [5.41, 5.74) is 6.37. The molecule has 4 nitrogen and oxygen atoms in total. The van der Waals surface area contributed by atoms with Crippen molar-refractivity contribution in [1.82, 2.24) is 5.32 Å². The summed E-state index contributed by atoms with van der Waals surface area (Å²) in [4.78, 5) is 12.7. The predicted molar refractivity (Wildman–Crippen MR) is 96.2 cm³/mol. The number of halogens is 1. The number of ether oxygens (including phenoxy) is 1. The first kappa shape index (κ1) is 18.4. The fourth-order valence-electron chi connectivity index (χ4n) is 3.24. The van der Waals surface area contributed by atoms with Gasteiger partial charge in [0.15, 0.2) is 0 Å². The summed E-state index contributed by atoms with van der Waals surface area (Å²) in [7, 11) is 0. The lowest BCUT2D eigenvalue weighted by Crippen LogP contribution is -2.76. The van der Waals surface area contributed by atoms with Crippen LogP contribution in [0.3, 0.4) is 0 Å². The van der Waals surface area contributed by atoms with Gasteiger partial charge in [-0.25, -0.2) is 0 Å². The van der Waals surface area contributed by atoms with Crippen molar-refractivity contribution >= 4 is 21.8 Å². The normalized spacial score (nSPS) is 27.1. The number of nitrogens with one attached hydrogen (secondary N) is 1. The lowest BCUT2D eigenvalue weighted by Gasteiger charge is -2.57. The third-order valence-electron chi connectivity index (χ3n) is 5.04. The Morgan fingerprint density at radius 2 is 2.22 bits per heavy atom. The minimum absolute atomic E-state index is 0.0270. The van der Waals surface area contributed by atoms with Gasteiger partial charge in [-0.15, -0.1) is 0 Å². The summed E-state index contributed by atoms with van der Waals surface area (Å²) >= 11 is 3.47. The number of amides is 1. The molecule has 0 aromatic heterocycles. The quantitative estimate of drug-likeness (QED) is 0.794. The summed E-state index contributed by atoms with van der Waals surface area (Å²) in [6.07, 6.45) is 1.39. The number of hydrogen-bond acceptors (Lipinski definition) is 3. The highest BCUT2D eigenvalue weighted by Crippen LogP contribution is 2.49. The van der Waals surface area contributed by atoms with Crippen LogP contribution in [0.15, 0.2) is 28.7 Å². The van der Waals surface area contributed by atoms with Crippen LogP contribution in [0.25, 0.3) is 0 Å². The predicted octanol–water partition coefficient (Wildman–Crippen LogP) is 3.03. The van der Waals surface area contributed by atoms with E-state index in [2.05, 4.69) is 33.4 Å². The molecule has 23 heavy (non-hydrogen) atoms. The van der Waals surface area contributed by atoms with E-state index < -0.39 is 5.54 Å². The van der Waals surface area contributed by atoms with E-state index in [0.29, 0.717) is 13.0 Å². The third kappa shape index (κ3) is 3.62. The summed E-state index contributed by atoms with van der Waals surface area (Å²) in [5, 5.41) is 3.07. The Morgan fingerprint density at radius 1 is 1.52 bits per heavy atom. The molecule has 3 atom stereocenters. The number of carbonyl (C=O) groups is 1. The molecule has 1 aromatic rings. The minimum atomic E-state index is -0.863. The molecule has 128 valence electrons. The van der Waals surface area contributed by atoms with E-state index in [1.54, 1.807) is 0 Å². The fraction of sp³-hybridized carbons (Fsp3) is 0.611. The summed E-state index contributed by atoms with van der Waals surface area (Å²) in [6.45, 7) is 8.64. The molecule has 1 aliphatic rings. The lowest BCUT2D eigenvalue weighted by atomic mass is 9.54. The second kappa shape index (κ2) is 6.91. The van der Waals surface area contributed by atoms with Crippen molar-refractivity contribution in [3.63, 3.8) is 0 Å². The second-order valence-electron chi connectivity index (χ2n) is 7.05. The Morgan fingerprint density at radius 3 is 2.78 bits per heavy atom. The molecule has 2 rings (SSSR count). The van der Waals surface area contributed by atoms with Gasteiger partial charge >= 0.3 is 0 Å². The molecule has 0 heterocycles. The second-order valence-corrected chi connectivity index (χ2v) is 7.97. The van der Waals surface area contributed by atoms with E-state index >= 15 is 0 Å². The van der Waals surface area contributed by atoms with Crippen molar-refractivity contribution in [3.8, 4) is 0 Å². The Bertz CT molecular complexity index is 576. The van der Waals surface area contributed by atoms with Gasteiger partial charge < -0.3 is 15.8 Å². The maximum absolute atomic E-state index is 12.7. The zero-order valence-electron chi connectivity index (χ0n) is 14.4. The van der Waals surface area contributed by atoms with Gasteiger partial charge in [0, 0.05) is 29.0 Å². The Labute approximate surface area is 147 Å². The highest BCUT2D eigenvalue weighted by Gasteiger charge is 2.62. The molecule has 0 spiro atoms. The molecule has 1 saturated carbocycles. The van der Waals surface area contributed by atoms with E-state index in [0.717, 1.165) is 10.9 Å². The number of hydrogen-bond donors (Lipinski definition) is 2. The first-order chi connectivity index (χ1) is 10.7.